The van der Waals surface area contributed by atoms with Gasteiger partial charge >= 0.3 is 0 Å². The molecule has 1 aliphatic heterocycles. The minimum absolute atomic E-state index is 0.138. The third kappa shape index (κ3) is 2.98. The molecule has 26 heavy (non-hydrogen) atoms. The van der Waals surface area contributed by atoms with E-state index in [0.717, 1.165) is 16.7 Å². The van der Waals surface area contributed by atoms with Crippen LogP contribution in [0.15, 0.2) is 47.0 Å². The van der Waals surface area contributed by atoms with Gasteiger partial charge in [-0.05, 0) is 43.7 Å². The number of amides is 1. The largest absolute Gasteiger partial charge is 0.334 e. The first-order valence-corrected chi connectivity index (χ1v) is 8.48. The van der Waals surface area contributed by atoms with Gasteiger partial charge in [0.1, 0.15) is 5.82 Å². The molecule has 0 N–H and O–H groups in total. The average Bonchev–Trinajstić information content (AvgIpc) is 3.25. The molecule has 5 nitrogen and oxygen atoms in total. The average molecular weight is 351 g/mol. The monoisotopic (exact) mass is 351 g/mol. The Balaban J connectivity index is 1.58. The van der Waals surface area contributed by atoms with Crippen molar-refractivity contribution in [3.05, 3.63) is 65.2 Å². The molecule has 3 aromatic rings. The maximum absolute atomic E-state index is 14.1. The van der Waals surface area contributed by atoms with Gasteiger partial charge in [-0.15, -0.1) is 0 Å². The zero-order valence-corrected chi connectivity index (χ0v) is 14.6. The number of benzene rings is 2. The summed E-state index contributed by atoms with van der Waals surface area (Å²) in [4.78, 5) is 18.3. The van der Waals surface area contributed by atoms with Crippen molar-refractivity contribution in [3.63, 3.8) is 0 Å². The van der Waals surface area contributed by atoms with Crippen molar-refractivity contribution >= 4 is 11.6 Å². The molecule has 1 aliphatic rings. The zero-order valence-electron chi connectivity index (χ0n) is 14.6. The summed E-state index contributed by atoms with van der Waals surface area (Å²) in [5.41, 5.74) is 3.18. The molecule has 1 atom stereocenters. The van der Waals surface area contributed by atoms with Crippen LogP contribution in [0, 0.1) is 19.7 Å². The predicted molar refractivity (Wildman–Crippen MR) is 95.3 cm³/mol. The fraction of sp³-hybridized carbons (Fsp3) is 0.250. The Labute approximate surface area is 150 Å². The Morgan fingerprint density at radius 3 is 2.62 bits per heavy atom. The maximum Gasteiger partial charge on any atom is 0.257 e. The molecule has 2 heterocycles. The van der Waals surface area contributed by atoms with Crippen molar-refractivity contribution in [2.24, 2.45) is 0 Å². The molecule has 0 spiro atoms. The lowest BCUT2D eigenvalue weighted by Gasteiger charge is -2.17. The van der Waals surface area contributed by atoms with E-state index in [1.54, 1.807) is 12.1 Å². The van der Waals surface area contributed by atoms with E-state index >= 15 is 0 Å². The van der Waals surface area contributed by atoms with E-state index in [9.17, 15) is 9.18 Å². The molecule has 1 saturated heterocycles. The second kappa shape index (κ2) is 6.37. The summed E-state index contributed by atoms with van der Waals surface area (Å²) in [7, 11) is 0. The molecular weight excluding hydrogens is 333 g/mol. The number of carbonyl (C=O) groups is 1. The first kappa shape index (κ1) is 16.4. The van der Waals surface area contributed by atoms with Crippen LogP contribution in [-0.4, -0.2) is 22.6 Å². The van der Waals surface area contributed by atoms with Gasteiger partial charge in [0.15, 0.2) is 5.82 Å². The highest BCUT2D eigenvalue weighted by Gasteiger charge is 2.35. The van der Waals surface area contributed by atoms with Crippen LogP contribution in [0.2, 0.25) is 0 Å². The molecule has 1 amide bonds. The van der Waals surface area contributed by atoms with Crippen LogP contribution in [0.5, 0.6) is 0 Å². The van der Waals surface area contributed by atoms with Gasteiger partial charge in [0.25, 0.3) is 5.89 Å². The third-order valence-electron chi connectivity index (χ3n) is 4.62. The van der Waals surface area contributed by atoms with Crippen molar-refractivity contribution in [1.29, 1.82) is 0 Å². The summed E-state index contributed by atoms with van der Waals surface area (Å²) in [5.74, 6) is 0.140. The van der Waals surface area contributed by atoms with Gasteiger partial charge in [-0.3, -0.25) is 4.79 Å². The van der Waals surface area contributed by atoms with Crippen LogP contribution in [0.4, 0.5) is 10.1 Å². The molecule has 1 aromatic heterocycles. The van der Waals surface area contributed by atoms with Crippen LogP contribution in [0.3, 0.4) is 0 Å². The highest BCUT2D eigenvalue weighted by Crippen LogP contribution is 2.33. The van der Waals surface area contributed by atoms with Gasteiger partial charge in [0.05, 0.1) is 5.69 Å². The molecular formula is C20H18FN3O2. The molecule has 0 bridgehead atoms. The number of hydrogen-bond acceptors (Lipinski definition) is 4. The summed E-state index contributed by atoms with van der Waals surface area (Å²) < 4.78 is 19.5. The smallest absolute Gasteiger partial charge is 0.257 e. The lowest BCUT2D eigenvalue weighted by molar-refractivity contribution is -0.117. The highest BCUT2D eigenvalue weighted by molar-refractivity contribution is 5.96. The number of aryl methyl sites for hydroxylation is 2. The Kier molecular flexibility index (Phi) is 4.03. The van der Waals surface area contributed by atoms with Gasteiger partial charge < -0.3 is 9.42 Å². The van der Waals surface area contributed by atoms with Crippen molar-refractivity contribution < 1.29 is 13.7 Å². The molecule has 1 unspecified atom stereocenters. The Hall–Kier alpha value is -3.02. The zero-order chi connectivity index (χ0) is 18.3. The van der Waals surface area contributed by atoms with Crippen molar-refractivity contribution in [1.82, 2.24) is 10.1 Å². The number of hydrogen-bond donors (Lipinski definition) is 0. The maximum atomic E-state index is 14.1. The van der Waals surface area contributed by atoms with Crippen molar-refractivity contribution in [2.45, 2.75) is 26.2 Å². The topological polar surface area (TPSA) is 59.2 Å². The Morgan fingerprint density at radius 2 is 1.85 bits per heavy atom. The fourth-order valence-electron chi connectivity index (χ4n) is 3.16. The van der Waals surface area contributed by atoms with Crippen LogP contribution in [0.1, 0.15) is 29.3 Å². The van der Waals surface area contributed by atoms with Crippen LogP contribution < -0.4 is 4.90 Å². The summed E-state index contributed by atoms with van der Waals surface area (Å²) in [5, 5.41) is 4.04. The number of rotatable bonds is 3. The molecule has 4 rings (SSSR count). The fourth-order valence-corrected chi connectivity index (χ4v) is 3.16. The lowest BCUT2D eigenvalue weighted by atomic mass is 10.1. The number of halogens is 1. The summed E-state index contributed by atoms with van der Waals surface area (Å²) >= 11 is 0. The number of nitrogens with zero attached hydrogens (tertiary/aromatic N) is 3. The molecule has 1 fully saturated rings. The SMILES string of the molecule is Cc1ccc(-c2nc(C3CC(=O)N(c4cc(C)ccc4F)C3)no2)cc1. The van der Waals surface area contributed by atoms with E-state index in [0.29, 0.717) is 23.9 Å². The highest BCUT2D eigenvalue weighted by atomic mass is 19.1. The quantitative estimate of drug-likeness (QED) is 0.715. The minimum Gasteiger partial charge on any atom is -0.334 e. The van der Waals surface area contributed by atoms with Gasteiger partial charge in [-0.2, -0.15) is 4.98 Å². The standard InChI is InChI=1S/C20H18FN3O2/c1-12-3-6-14(7-4-12)20-22-19(23-26-20)15-10-18(25)24(11-15)17-9-13(2)5-8-16(17)21/h3-9,15H,10-11H2,1-2H3. The van der Waals surface area contributed by atoms with E-state index in [2.05, 4.69) is 10.1 Å². The molecule has 0 saturated carbocycles. The summed E-state index contributed by atoms with van der Waals surface area (Å²) in [6.07, 6.45) is 0.236. The Bertz CT molecular complexity index is 965. The van der Waals surface area contributed by atoms with Gasteiger partial charge in [-0.25, -0.2) is 4.39 Å². The van der Waals surface area contributed by atoms with Gasteiger partial charge in [0, 0.05) is 24.4 Å². The van der Waals surface area contributed by atoms with Gasteiger partial charge in [0.2, 0.25) is 5.91 Å². The normalized spacial score (nSPS) is 17.1. The van der Waals surface area contributed by atoms with Crippen molar-refractivity contribution in [2.75, 3.05) is 11.4 Å². The molecule has 132 valence electrons. The van der Waals surface area contributed by atoms with Crippen LogP contribution in [0.25, 0.3) is 11.5 Å². The second-order valence-corrected chi connectivity index (χ2v) is 6.68. The third-order valence-corrected chi connectivity index (χ3v) is 4.62. The predicted octanol–water partition coefficient (Wildman–Crippen LogP) is 4.01. The van der Waals surface area contributed by atoms with E-state index in [1.165, 1.54) is 11.0 Å². The summed E-state index contributed by atoms with van der Waals surface area (Å²) in [6, 6.07) is 12.5. The first-order valence-electron chi connectivity index (χ1n) is 8.48. The first-order chi connectivity index (χ1) is 12.5. The number of anilines is 1. The molecule has 0 radical (unpaired) electrons. The van der Waals surface area contributed by atoms with Crippen LogP contribution >= 0.6 is 0 Å². The van der Waals surface area contributed by atoms with Crippen LogP contribution in [-0.2, 0) is 4.79 Å². The van der Waals surface area contributed by atoms with Crippen molar-refractivity contribution in [3.8, 4) is 11.5 Å². The van der Waals surface area contributed by atoms with E-state index in [-0.39, 0.29) is 18.2 Å². The number of aromatic nitrogens is 2. The van der Waals surface area contributed by atoms with E-state index in [1.807, 2.05) is 38.1 Å². The van der Waals surface area contributed by atoms with Gasteiger partial charge in [-0.1, -0.05) is 28.9 Å². The second-order valence-electron chi connectivity index (χ2n) is 6.68. The molecule has 6 heteroatoms. The lowest BCUT2D eigenvalue weighted by Crippen LogP contribution is -2.25. The summed E-state index contributed by atoms with van der Waals surface area (Å²) in [6.45, 7) is 4.21. The molecule has 2 aromatic carbocycles. The number of carbonyl (C=O) groups excluding carboxylic acids is 1. The van der Waals surface area contributed by atoms with E-state index < -0.39 is 5.82 Å². The molecule has 0 aliphatic carbocycles. The van der Waals surface area contributed by atoms with E-state index in [4.69, 9.17) is 4.52 Å². The Morgan fingerprint density at radius 1 is 1.12 bits per heavy atom. The minimum atomic E-state index is -0.405.